The van der Waals surface area contributed by atoms with E-state index in [9.17, 15) is 29.8 Å². The predicted octanol–water partition coefficient (Wildman–Crippen LogP) is 3.52. The third-order valence-corrected chi connectivity index (χ3v) is 4.82. The summed E-state index contributed by atoms with van der Waals surface area (Å²) in [7, 11) is 1.50. The van der Waals surface area contributed by atoms with E-state index in [0.717, 1.165) is 12.1 Å². The Hall–Kier alpha value is -5.40. The third-order valence-electron chi connectivity index (χ3n) is 4.82. The molecule has 200 valence electrons. The van der Waals surface area contributed by atoms with Crippen LogP contribution in [0.25, 0.3) is 0 Å². The summed E-state index contributed by atoms with van der Waals surface area (Å²) in [6.45, 7) is 0.991. The molecule has 3 rings (SSSR count). The van der Waals surface area contributed by atoms with Gasteiger partial charge in [-0.05, 0) is 37.3 Å². The summed E-state index contributed by atoms with van der Waals surface area (Å²) < 4.78 is 15.4. The maximum atomic E-state index is 11.6. The molecule has 14 nitrogen and oxygen atoms in total. The van der Waals surface area contributed by atoms with E-state index in [2.05, 4.69) is 0 Å². The molecule has 0 bridgehead atoms. The second-order valence-electron chi connectivity index (χ2n) is 7.62. The van der Waals surface area contributed by atoms with E-state index in [1.165, 1.54) is 38.3 Å². The first-order valence-corrected chi connectivity index (χ1v) is 10.7. The minimum atomic E-state index is -0.592. The Morgan fingerprint density at radius 2 is 1.26 bits per heavy atom. The minimum absolute atomic E-state index is 0.0585. The first-order chi connectivity index (χ1) is 17.9. The fourth-order valence-electron chi connectivity index (χ4n) is 2.90. The van der Waals surface area contributed by atoms with Gasteiger partial charge in [0.2, 0.25) is 6.79 Å². The molecule has 0 saturated carbocycles. The summed E-state index contributed by atoms with van der Waals surface area (Å²) in [4.78, 5) is 42.6. The fourth-order valence-corrected chi connectivity index (χ4v) is 2.90. The number of nitrogens with two attached hydrogens (primary N) is 3. The number of nitrogen functional groups attached to an aromatic ring is 3. The van der Waals surface area contributed by atoms with E-state index < -0.39 is 9.85 Å². The van der Waals surface area contributed by atoms with Gasteiger partial charge >= 0.3 is 0 Å². The van der Waals surface area contributed by atoms with Crippen molar-refractivity contribution in [3.8, 4) is 17.2 Å². The Balaban J connectivity index is 0.000000293. The number of hydrogen-bond acceptors (Lipinski definition) is 12. The maximum absolute atomic E-state index is 11.6. The van der Waals surface area contributed by atoms with E-state index >= 15 is 0 Å². The predicted molar refractivity (Wildman–Crippen MR) is 138 cm³/mol. The zero-order valence-electron chi connectivity index (χ0n) is 20.4. The van der Waals surface area contributed by atoms with Crippen LogP contribution in [0.4, 0.5) is 28.4 Å². The summed E-state index contributed by atoms with van der Waals surface area (Å²) >= 11 is 0. The quantitative estimate of drug-likeness (QED) is 0.0859. The van der Waals surface area contributed by atoms with Crippen molar-refractivity contribution >= 4 is 40.0 Å². The maximum Gasteiger partial charge on any atom is 0.273 e. The zero-order chi connectivity index (χ0) is 28.4. The summed E-state index contributed by atoms with van der Waals surface area (Å²) in [5.74, 6) is 0.212. The highest BCUT2D eigenvalue weighted by atomic mass is 16.7. The number of nitrogens with zero attached hydrogens (tertiary/aromatic N) is 2. The normalized spacial score (nSPS) is 9.95. The van der Waals surface area contributed by atoms with Crippen LogP contribution in [0.2, 0.25) is 0 Å². The molecule has 0 aliphatic rings. The van der Waals surface area contributed by atoms with E-state index in [1.54, 1.807) is 18.2 Å². The molecule has 14 heteroatoms. The molecular formula is C24H25N5O9. The van der Waals surface area contributed by atoms with Crippen molar-refractivity contribution in [3.05, 3.63) is 80.4 Å². The van der Waals surface area contributed by atoms with Crippen LogP contribution in [0, 0.1) is 20.2 Å². The molecule has 0 aromatic heterocycles. The van der Waals surface area contributed by atoms with E-state index in [4.69, 9.17) is 31.4 Å². The first-order valence-electron chi connectivity index (χ1n) is 10.7. The second-order valence-corrected chi connectivity index (χ2v) is 7.62. The monoisotopic (exact) mass is 527 g/mol. The Kier molecular flexibility index (Phi) is 9.91. The lowest BCUT2D eigenvalue weighted by atomic mass is 10.0. The summed E-state index contributed by atoms with van der Waals surface area (Å²) in [5, 5.41) is 21.4. The van der Waals surface area contributed by atoms with Crippen LogP contribution >= 0.6 is 0 Å². The van der Waals surface area contributed by atoms with E-state index in [0.29, 0.717) is 17.0 Å². The molecule has 0 heterocycles. The van der Waals surface area contributed by atoms with Gasteiger partial charge in [-0.3, -0.25) is 29.8 Å². The molecule has 0 aliphatic carbocycles. The lowest BCUT2D eigenvalue weighted by Crippen LogP contribution is -2.09. The molecule has 0 aliphatic heterocycles. The van der Waals surface area contributed by atoms with Crippen LogP contribution < -0.4 is 31.4 Å². The number of carbonyl (C=O) groups is 2. The molecular weight excluding hydrogens is 502 g/mol. The summed E-state index contributed by atoms with van der Waals surface area (Å²) in [6.07, 6.45) is -0.128. The molecule has 0 amide bonds. The van der Waals surface area contributed by atoms with Gasteiger partial charge in [0.1, 0.15) is 11.5 Å². The average Bonchev–Trinajstić information content (AvgIpc) is 2.86. The van der Waals surface area contributed by atoms with Gasteiger partial charge in [-0.25, -0.2) is 0 Å². The van der Waals surface area contributed by atoms with Gasteiger partial charge < -0.3 is 31.4 Å². The SMILES string of the molecule is COc1ccc(N)c(C(=O)CC(C)=O)c1.Nc1ccc([N+](=O)[O-])cc1OCOc1cc([N+](=O)[O-])ccc1N. The standard InChI is InChI=1S/C13H12N4O6.C11H13NO3/c14-10-3-1-8(16(18)19)5-12(10)22-7-23-13-6-9(17(20)21)2-4-11(13)15;1-7(13)5-11(14)9-6-8(15-2)3-4-10(9)12/h1-6H,7,14-15H2;3-4,6H,5,12H2,1-2H3. The molecule has 0 radical (unpaired) electrons. The number of anilines is 3. The lowest BCUT2D eigenvalue weighted by molar-refractivity contribution is -0.385. The molecule has 0 unspecified atom stereocenters. The van der Waals surface area contributed by atoms with Crippen LogP contribution in [0.3, 0.4) is 0 Å². The number of rotatable bonds is 10. The summed E-state index contributed by atoms with van der Waals surface area (Å²) in [5.41, 5.74) is 17.6. The summed E-state index contributed by atoms with van der Waals surface area (Å²) in [6, 6.07) is 12.2. The number of ketones is 2. The first kappa shape index (κ1) is 28.8. The van der Waals surface area contributed by atoms with Crippen molar-refractivity contribution in [2.75, 3.05) is 31.1 Å². The van der Waals surface area contributed by atoms with Crippen LogP contribution in [-0.2, 0) is 4.79 Å². The molecule has 0 atom stereocenters. The number of Topliss-reactive ketones (excluding diaryl/α,β-unsaturated/α-hetero) is 2. The Morgan fingerprint density at radius 3 is 1.68 bits per heavy atom. The van der Waals surface area contributed by atoms with Gasteiger partial charge in [0, 0.05) is 23.4 Å². The molecule has 0 saturated heterocycles. The van der Waals surface area contributed by atoms with Gasteiger partial charge in [-0.2, -0.15) is 0 Å². The Morgan fingerprint density at radius 1 is 0.789 bits per heavy atom. The Labute approximate surface area is 216 Å². The van der Waals surface area contributed by atoms with Crippen LogP contribution in [0.5, 0.6) is 17.2 Å². The van der Waals surface area contributed by atoms with Crippen LogP contribution in [-0.4, -0.2) is 35.3 Å². The highest BCUT2D eigenvalue weighted by molar-refractivity contribution is 6.10. The van der Waals surface area contributed by atoms with E-state index in [-0.39, 0.29) is 59.0 Å². The highest BCUT2D eigenvalue weighted by Crippen LogP contribution is 2.29. The van der Waals surface area contributed by atoms with Crippen molar-refractivity contribution in [2.45, 2.75) is 13.3 Å². The second kappa shape index (κ2) is 13.1. The lowest BCUT2D eigenvalue weighted by Gasteiger charge is -2.11. The van der Waals surface area contributed by atoms with Crippen molar-refractivity contribution in [1.82, 2.24) is 0 Å². The fraction of sp³-hybridized carbons (Fsp3) is 0.167. The van der Waals surface area contributed by atoms with Crippen molar-refractivity contribution < 1.29 is 33.6 Å². The van der Waals surface area contributed by atoms with Gasteiger partial charge in [-0.15, -0.1) is 0 Å². The van der Waals surface area contributed by atoms with Gasteiger partial charge in [0.05, 0.1) is 46.9 Å². The van der Waals surface area contributed by atoms with Gasteiger partial charge in [-0.1, -0.05) is 0 Å². The topological polar surface area (TPSA) is 226 Å². The largest absolute Gasteiger partial charge is 0.497 e. The minimum Gasteiger partial charge on any atom is -0.497 e. The smallest absolute Gasteiger partial charge is 0.273 e. The molecule has 3 aromatic carbocycles. The molecule has 38 heavy (non-hydrogen) atoms. The molecule has 3 aromatic rings. The van der Waals surface area contributed by atoms with Crippen LogP contribution in [0.15, 0.2) is 54.6 Å². The number of benzene rings is 3. The molecule has 0 fully saturated rings. The number of nitro groups is 2. The number of nitro benzene ring substituents is 2. The van der Waals surface area contributed by atoms with Crippen LogP contribution in [0.1, 0.15) is 23.7 Å². The van der Waals surface area contributed by atoms with Gasteiger partial charge in [0.25, 0.3) is 11.4 Å². The number of non-ortho nitro benzene ring substituents is 2. The molecule has 0 spiro atoms. The van der Waals surface area contributed by atoms with Crippen molar-refractivity contribution in [1.29, 1.82) is 0 Å². The third kappa shape index (κ3) is 8.08. The number of methoxy groups -OCH3 is 1. The van der Waals surface area contributed by atoms with Gasteiger partial charge in [0.15, 0.2) is 17.3 Å². The highest BCUT2D eigenvalue weighted by Gasteiger charge is 2.14. The number of hydrogen-bond donors (Lipinski definition) is 3. The zero-order valence-corrected chi connectivity index (χ0v) is 20.4. The van der Waals surface area contributed by atoms with Crippen molar-refractivity contribution in [3.63, 3.8) is 0 Å². The van der Waals surface area contributed by atoms with Crippen molar-refractivity contribution in [2.24, 2.45) is 0 Å². The average molecular weight is 527 g/mol. The Bertz CT molecular complexity index is 1300. The van der Waals surface area contributed by atoms with E-state index in [1.807, 2.05) is 0 Å². The number of carbonyl (C=O) groups excluding carboxylic acids is 2. The number of ether oxygens (including phenoxy) is 3. The molecule has 6 N–H and O–H groups in total.